The van der Waals surface area contributed by atoms with Crippen LogP contribution in [0.15, 0.2) is 54.3 Å². The normalized spacial score (nSPS) is 26.9. The van der Waals surface area contributed by atoms with Gasteiger partial charge in [0, 0.05) is 30.4 Å². The molecule has 5 heteroatoms. The second-order valence-corrected chi connectivity index (χ2v) is 10.6. The molecule has 1 amide bonds. The van der Waals surface area contributed by atoms with Gasteiger partial charge in [-0.1, -0.05) is 49.4 Å². The number of carbonyl (C=O) groups excluding carboxylic acids is 1. The molecule has 1 aromatic carbocycles. The Hall–Kier alpha value is -1.85. The highest BCUT2D eigenvalue weighted by molar-refractivity contribution is 6.91. The molecule has 0 aromatic heterocycles. The molecule has 3 aliphatic rings. The zero-order chi connectivity index (χ0) is 18.6. The lowest BCUT2D eigenvalue weighted by molar-refractivity contribution is 0.217. The monoisotopic (exact) mass is 380 g/mol. The Morgan fingerprint density at radius 3 is 2.74 bits per heavy atom. The molecule has 1 aromatic rings. The van der Waals surface area contributed by atoms with E-state index in [9.17, 15) is 4.79 Å². The van der Waals surface area contributed by atoms with Gasteiger partial charge in [-0.25, -0.2) is 0 Å². The number of allylic oxidation sites excluding steroid dienone is 4. The van der Waals surface area contributed by atoms with Crippen LogP contribution in [0.2, 0.25) is 0 Å². The number of carbonyl (C=O) groups is 1. The summed E-state index contributed by atoms with van der Waals surface area (Å²) in [6.07, 6.45) is 10.8. The first-order chi connectivity index (χ1) is 13.2. The van der Waals surface area contributed by atoms with Crippen LogP contribution in [0, 0.1) is 5.92 Å². The van der Waals surface area contributed by atoms with Crippen LogP contribution in [0.5, 0.6) is 0 Å². The molecule has 2 N–H and O–H groups in total. The van der Waals surface area contributed by atoms with Gasteiger partial charge in [0.05, 0.1) is 0 Å². The lowest BCUT2D eigenvalue weighted by Crippen LogP contribution is -2.50. The van der Waals surface area contributed by atoms with Crippen molar-refractivity contribution in [2.75, 3.05) is 25.8 Å². The Bertz CT molecular complexity index is 710. The van der Waals surface area contributed by atoms with Crippen LogP contribution in [0.25, 0.3) is 0 Å². The first kappa shape index (κ1) is 18.5. The fraction of sp³-hybridized carbons (Fsp3) is 0.500. The van der Waals surface area contributed by atoms with Gasteiger partial charge in [0.1, 0.15) is 0 Å². The molecule has 2 saturated heterocycles. The van der Waals surface area contributed by atoms with Crippen molar-refractivity contribution in [2.24, 2.45) is 5.92 Å². The zero-order valence-corrected chi connectivity index (χ0v) is 17.2. The van der Waals surface area contributed by atoms with Gasteiger partial charge >= 0.3 is 0 Å². The minimum absolute atomic E-state index is 0.325. The number of benzene rings is 1. The van der Waals surface area contributed by atoms with E-state index in [1.54, 1.807) is 0 Å². The van der Waals surface area contributed by atoms with Crippen LogP contribution in [0.1, 0.15) is 37.3 Å². The SMILES string of the molecule is CC1CC=CC=C1N1CCC(NC(=O)[Si]2CNC[C@H]2c2ccccc2)CC1. The van der Waals surface area contributed by atoms with E-state index < -0.39 is 8.80 Å². The number of nitrogens with one attached hydrogen (secondary N) is 2. The van der Waals surface area contributed by atoms with E-state index in [1.165, 1.54) is 11.3 Å². The van der Waals surface area contributed by atoms with Crippen LogP contribution < -0.4 is 10.6 Å². The van der Waals surface area contributed by atoms with Crippen molar-refractivity contribution in [2.45, 2.75) is 37.8 Å². The molecule has 1 radical (unpaired) electrons. The summed E-state index contributed by atoms with van der Waals surface area (Å²) in [5, 5.41) is 6.86. The predicted octanol–water partition coefficient (Wildman–Crippen LogP) is 3.18. The van der Waals surface area contributed by atoms with E-state index in [0.717, 1.165) is 45.1 Å². The van der Waals surface area contributed by atoms with E-state index in [2.05, 4.69) is 65.0 Å². The van der Waals surface area contributed by atoms with Crippen molar-refractivity contribution in [1.82, 2.24) is 15.5 Å². The summed E-state index contributed by atoms with van der Waals surface area (Å²) in [6, 6.07) is 10.9. The van der Waals surface area contributed by atoms with Gasteiger partial charge in [0.2, 0.25) is 0 Å². The summed E-state index contributed by atoms with van der Waals surface area (Å²) < 4.78 is 0. The van der Waals surface area contributed by atoms with Crippen LogP contribution in [-0.4, -0.2) is 51.1 Å². The van der Waals surface area contributed by atoms with Crippen molar-refractivity contribution in [3.05, 3.63) is 59.8 Å². The molecule has 1 unspecified atom stereocenters. The fourth-order valence-corrected chi connectivity index (χ4v) is 7.06. The number of hydrogen-bond donors (Lipinski definition) is 2. The quantitative estimate of drug-likeness (QED) is 0.789. The first-order valence-corrected chi connectivity index (χ1v) is 12.0. The molecular weight excluding hydrogens is 350 g/mol. The highest BCUT2D eigenvalue weighted by Gasteiger charge is 2.37. The zero-order valence-electron chi connectivity index (χ0n) is 16.2. The smallest absolute Gasteiger partial charge is 0.192 e. The molecule has 1 aliphatic carbocycles. The number of amides is 1. The molecule has 0 saturated carbocycles. The molecule has 27 heavy (non-hydrogen) atoms. The highest BCUT2D eigenvalue weighted by atomic mass is 28.3. The molecule has 4 rings (SSSR count). The molecule has 2 heterocycles. The number of rotatable bonds is 4. The second kappa shape index (κ2) is 8.44. The van der Waals surface area contributed by atoms with Gasteiger partial charge in [0.25, 0.3) is 0 Å². The van der Waals surface area contributed by atoms with E-state index in [-0.39, 0.29) is 0 Å². The van der Waals surface area contributed by atoms with Crippen LogP contribution in [0.4, 0.5) is 4.79 Å². The van der Waals surface area contributed by atoms with Gasteiger partial charge in [-0.2, -0.15) is 0 Å². The fourth-order valence-electron chi connectivity index (χ4n) is 4.55. The third-order valence-corrected chi connectivity index (χ3v) is 8.91. The standard InChI is InChI=1S/C22H30N3OSi/c1-17-7-5-6-10-20(17)25-13-11-19(12-14-25)24-22(26)27-16-23-15-21(27)18-8-3-2-4-9-18/h2-6,8-10,17,19,21,23H,7,11-16H2,1H3,(H,24,26)/t17?,21-/m0/s1. The van der Waals surface area contributed by atoms with E-state index in [4.69, 9.17) is 0 Å². The third kappa shape index (κ3) is 4.19. The molecule has 2 atom stereocenters. The summed E-state index contributed by atoms with van der Waals surface area (Å²) in [6.45, 7) is 5.35. The van der Waals surface area contributed by atoms with Crippen LogP contribution in [-0.2, 0) is 0 Å². The maximum Gasteiger partial charge on any atom is 0.192 e. The molecule has 2 fully saturated rings. The molecule has 2 aliphatic heterocycles. The Kier molecular flexibility index (Phi) is 5.79. The number of hydrogen-bond acceptors (Lipinski definition) is 3. The predicted molar refractivity (Wildman–Crippen MR) is 112 cm³/mol. The highest BCUT2D eigenvalue weighted by Crippen LogP contribution is 2.27. The lowest BCUT2D eigenvalue weighted by Gasteiger charge is -2.38. The largest absolute Gasteiger partial charge is 0.374 e. The maximum absolute atomic E-state index is 13.0. The molecule has 0 bridgehead atoms. The van der Waals surface area contributed by atoms with Crippen molar-refractivity contribution in [3.8, 4) is 0 Å². The minimum Gasteiger partial charge on any atom is -0.374 e. The molecule has 143 valence electrons. The number of piperidine rings is 1. The van der Waals surface area contributed by atoms with Crippen molar-refractivity contribution >= 4 is 14.3 Å². The molecule has 0 spiro atoms. The van der Waals surface area contributed by atoms with E-state index >= 15 is 0 Å². The third-order valence-electron chi connectivity index (χ3n) is 6.17. The average molecular weight is 381 g/mol. The summed E-state index contributed by atoms with van der Waals surface area (Å²) >= 11 is 0. The van der Waals surface area contributed by atoms with Gasteiger partial charge in [-0.05, 0) is 49.5 Å². The van der Waals surface area contributed by atoms with Crippen LogP contribution in [0.3, 0.4) is 0 Å². The summed E-state index contributed by atoms with van der Waals surface area (Å²) in [5.41, 5.74) is 3.49. The average Bonchev–Trinajstić information content (AvgIpc) is 3.20. The van der Waals surface area contributed by atoms with Gasteiger partial charge in [-0.15, -0.1) is 0 Å². The maximum atomic E-state index is 13.0. The van der Waals surface area contributed by atoms with Gasteiger partial charge in [0.15, 0.2) is 14.3 Å². The van der Waals surface area contributed by atoms with Gasteiger partial charge < -0.3 is 15.5 Å². The Labute approximate surface area is 164 Å². The van der Waals surface area contributed by atoms with Crippen molar-refractivity contribution in [3.63, 3.8) is 0 Å². The second-order valence-electron chi connectivity index (χ2n) is 8.01. The van der Waals surface area contributed by atoms with E-state index in [0.29, 0.717) is 23.0 Å². The van der Waals surface area contributed by atoms with E-state index in [1.807, 2.05) is 6.07 Å². The Morgan fingerprint density at radius 1 is 1.22 bits per heavy atom. The molecular formula is C22H30N3OSi. The first-order valence-electron chi connectivity index (χ1n) is 10.3. The van der Waals surface area contributed by atoms with Crippen LogP contribution >= 0.6 is 0 Å². The lowest BCUT2D eigenvalue weighted by atomic mass is 9.95. The summed E-state index contributed by atoms with van der Waals surface area (Å²) in [4.78, 5) is 15.5. The van der Waals surface area contributed by atoms with Crippen molar-refractivity contribution < 1.29 is 4.79 Å². The van der Waals surface area contributed by atoms with Crippen molar-refractivity contribution in [1.29, 1.82) is 0 Å². The summed E-state index contributed by atoms with van der Waals surface area (Å²) in [5.74, 6) is 0.614. The summed E-state index contributed by atoms with van der Waals surface area (Å²) in [7, 11) is -1.12. The minimum atomic E-state index is -1.12. The topological polar surface area (TPSA) is 44.4 Å². The van der Waals surface area contributed by atoms with Gasteiger partial charge in [-0.3, -0.25) is 4.79 Å². The number of likely N-dealkylation sites (tertiary alicyclic amines) is 1. The Balaban J connectivity index is 1.32. The number of nitrogens with zero attached hydrogens (tertiary/aromatic N) is 1. The molecule has 4 nitrogen and oxygen atoms in total. The Morgan fingerprint density at radius 2 is 2.00 bits per heavy atom.